The largest absolute Gasteiger partial charge is 0.330 e. The smallest absolute Gasteiger partial charge is 0.0107 e. The van der Waals surface area contributed by atoms with Gasteiger partial charge in [-0.25, -0.2) is 0 Å². The lowest BCUT2D eigenvalue weighted by atomic mass is 10.1. The van der Waals surface area contributed by atoms with Gasteiger partial charge in [-0.05, 0) is 44.8 Å². The van der Waals surface area contributed by atoms with Crippen molar-refractivity contribution in [3.8, 4) is 0 Å². The second-order valence-corrected chi connectivity index (χ2v) is 4.64. The summed E-state index contributed by atoms with van der Waals surface area (Å²) < 4.78 is 0. The van der Waals surface area contributed by atoms with Crippen molar-refractivity contribution in [1.82, 2.24) is 10.2 Å². The highest BCUT2D eigenvalue weighted by Crippen LogP contribution is 2.17. The molecule has 3 nitrogen and oxygen atoms in total. The first-order chi connectivity index (χ1) is 7.36. The predicted octanol–water partition coefficient (Wildman–Crippen LogP) is 1.05. The molecule has 1 fully saturated rings. The number of unbranched alkanes of at least 4 members (excludes halogenated alkanes) is 1. The summed E-state index contributed by atoms with van der Waals surface area (Å²) in [5.74, 6) is 0.866. The van der Waals surface area contributed by atoms with Gasteiger partial charge in [0, 0.05) is 19.6 Å². The lowest BCUT2D eigenvalue weighted by Crippen LogP contribution is -2.31. The molecule has 15 heavy (non-hydrogen) atoms. The van der Waals surface area contributed by atoms with Crippen LogP contribution in [0.1, 0.15) is 32.6 Å². The molecule has 0 aromatic heterocycles. The number of nitrogens with one attached hydrogen (secondary N) is 1. The molecule has 0 bridgehead atoms. The summed E-state index contributed by atoms with van der Waals surface area (Å²) in [6, 6.07) is 0. The standard InChI is InChI=1S/C12H27N3/c1-2-3-7-14-8-10-15-9-5-12(11-15)4-6-13/h12,14H,2-11,13H2,1H3. The third-order valence-electron chi connectivity index (χ3n) is 3.26. The molecule has 0 amide bonds. The second-order valence-electron chi connectivity index (χ2n) is 4.64. The lowest BCUT2D eigenvalue weighted by molar-refractivity contribution is 0.319. The summed E-state index contributed by atoms with van der Waals surface area (Å²) in [5.41, 5.74) is 5.58. The Balaban J connectivity index is 1.94. The van der Waals surface area contributed by atoms with Crippen LogP contribution in [0.25, 0.3) is 0 Å². The monoisotopic (exact) mass is 213 g/mol. The van der Waals surface area contributed by atoms with Crippen molar-refractivity contribution in [3.63, 3.8) is 0 Å². The molecule has 1 heterocycles. The highest BCUT2D eigenvalue weighted by molar-refractivity contribution is 4.76. The van der Waals surface area contributed by atoms with Crippen molar-refractivity contribution in [2.75, 3.05) is 39.3 Å². The van der Waals surface area contributed by atoms with E-state index in [9.17, 15) is 0 Å². The van der Waals surface area contributed by atoms with Crippen molar-refractivity contribution in [2.45, 2.75) is 32.6 Å². The van der Waals surface area contributed by atoms with E-state index in [2.05, 4.69) is 17.1 Å². The fraction of sp³-hybridized carbons (Fsp3) is 1.00. The first-order valence-electron chi connectivity index (χ1n) is 6.50. The minimum absolute atomic E-state index is 0.854. The molecule has 0 saturated carbocycles. The second kappa shape index (κ2) is 8.08. The van der Waals surface area contributed by atoms with Crippen molar-refractivity contribution in [3.05, 3.63) is 0 Å². The average molecular weight is 213 g/mol. The SMILES string of the molecule is CCCCNCCN1CCC(CCN)C1. The van der Waals surface area contributed by atoms with E-state index in [0.29, 0.717) is 0 Å². The topological polar surface area (TPSA) is 41.3 Å². The molecule has 3 heteroatoms. The Morgan fingerprint density at radius 3 is 3.00 bits per heavy atom. The van der Waals surface area contributed by atoms with Crippen molar-refractivity contribution in [1.29, 1.82) is 0 Å². The quantitative estimate of drug-likeness (QED) is 0.592. The minimum atomic E-state index is 0.854. The highest BCUT2D eigenvalue weighted by atomic mass is 15.2. The average Bonchev–Trinajstić information content (AvgIpc) is 2.66. The Morgan fingerprint density at radius 1 is 1.40 bits per heavy atom. The number of likely N-dealkylation sites (tertiary alicyclic amines) is 1. The van der Waals surface area contributed by atoms with Gasteiger partial charge in [-0.3, -0.25) is 0 Å². The summed E-state index contributed by atoms with van der Waals surface area (Å²) in [6.45, 7) is 9.18. The zero-order chi connectivity index (χ0) is 10.9. The number of hydrogen-bond acceptors (Lipinski definition) is 3. The number of rotatable bonds is 8. The van der Waals surface area contributed by atoms with Crippen LogP contribution in [-0.4, -0.2) is 44.2 Å². The van der Waals surface area contributed by atoms with Crippen LogP contribution in [0.15, 0.2) is 0 Å². The van der Waals surface area contributed by atoms with E-state index in [1.807, 2.05) is 0 Å². The van der Waals surface area contributed by atoms with Crippen LogP contribution >= 0.6 is 0 Å². The van der Waals surface area contributed by atoms with E-state index >= 15 is 0 Å². The van der Waals surface area contributed by atoms with Gasteiger partial charge in [-0.15, -0.1) is 0 Å². The summed E-state index contributed by atoms with van der Waals surface area (Å²) in [5, 5.41) is 3.49. The Morgan fingerprint density at radius 2 is 2.27 bits per heavy atom. The maximum atomic E-state index is 5.58. The number of hydrogen-bond donors (Lipinski definition) is 2. The molecule has 1 rings (SSSR count). The van der Waals surface area contributed by atoms with E-state index in [4.69, 9.17) is 5.73 Å². The molecule has 0 aromatic carbocycles. The molecule has 90 valence electrons. The van der Waals surface area contributed by atoms with E-state index in [0.717, 1.165) is 19.0 Å². The molecule has 1 unspecified atom stereocenters. The van der Waals surface area contributed by atoms with Crippen molar-refractivity contribution in [2.24, 2.45) is 11.7 Å². The van der Waals surface area contributed by atoms with Crippen LogP contribution in [0.2, 0.25) is 0 Å². The molecule has 1 atom stereocenters. The molecular weight excluding hydrogens is 186 g/mol. The van der Waals surface area contributed by atoms with Crippen LogP contribution in [0, 0.1) is 5.92 Å². The molecule has 1 saturated heterocycles. The molecule has 1 aliphatic heterocycles. The molecule has 0 aliphatic carbocycles. The van der Waals surface area contributed by atoms with Crippen LogP contribution in [0.3, 0.4) is 0 Å². The fourth-order valence-electron chi connectivity index (χ4n) is 2.25. The van der Waals surface area contributed by atoms with Gasteiger partial charge in [0.15, 0.2) is 0 Å². The summed E-state index contributed by atoms with van der Waals surface area (Å²) in [6.07, 6.45) is 5.15. The third-order valence-corrected chi connectivity index (χ3v) is 3.26. The van der Waals surface area contributed by atoms with E-state index in [-0.39, 0.29) is 0 Å². The zero-order valence-corrected chi connectivity index (χ0v) is 10.2. The molecule has 0 spiro atoms. The lowest BCUT2D eigenvalue weighted by Gasteiger charge is -2.16. The predicted molar refractivity (Wildman–Crippen MR) is 66.0 cm³/mol. The molecule has 0 aromatic rings. The first-order valence-corrected chi connectivity index (χ1v) is 6.50. The summed E-state index contributed by atoms with van der Waals surface area (Å²) >= 11 is 0. The Bertz CT molecular complexity index is 150. The first kappa shape index (κ1) is 12.9. The summed E-state index contributed by atoms with van der Waals surface area (Å²) in [7, 11) is 0. The molecule has 1 aliphatic rings. The van der Waals surface area contributed by atoms with Crippen LogP contribution in [0.5, 0.6) is 0 Å². The minimum Gasteiger partial charge on any atom is -0.330 e. The van der Waals surface area contributed by atoms with Crippen molar-refractivity contribution >= 4 is 0 Å². The normalized spacial score (nSPS) is 22.4. The maximum absolute atomic E-state index is 5.58. The van der Waals surface area contributed by atoms with E-state index < -0.39 is 0 Å². The van der Waals surface area contributed by atoms with Gasteiger partial charge >= 0.3 is 0 Å². The van der Waals surface area contributed by atoms with Crippen LogP contribution in [-0.2, 0) is 0 Å². The van der Waals surface area contributed by atoms with E-state index in [1.165, 1.54) is 51.9 Å². The molecular formula is C12H27N3. The van der Waals surface area contributed by atoms with Gasteiger partial charge in [0.25, 0.3) is 0 Å². The number of nitrogens with two attached hydrogens (primary N) is 1. The van der Waals surface area contributed by atoms with E-state index in [1.54, 1.807) is 0 Å². The van der Waals surface area contributed by atoms with Gasteiger partial charge < -0.3 is 16.0 Å². The third kappa shape index (κ3) is 5.50. The van der Waals surface area contributed by atoms with Crippen LogP contribution in [0.4, 0.5) is 0 Å². The molecule has 3 N–H and O–H groups in total. The van der Waals surface area contributed by atoms with Gasteiger partial charge in [-0.1, -0.05) is 13.3 Å². The van der Waals surface area contributed by atoms with Gasteiger partial charge in [-0.2, -0.15) is 0 Å². The van der Waals surface area contributed by atoms with Gasteiger partial charge in [0.1, 0.15) is 0 Å². The Hall–Kier alpha value is -0.120. The Kier molecular flexibility index (Phi) is 6.98. The molecule has 0 radical (unpaired) electrons. The highest BCUT2D eigenvalue weighted by Gasteiger charge is 2.20. The van der Waals surface area contributed by atoms with Crippen LogP contribution < -0.4 is 11.1 Å². The summed E-state index contributed by atoms with van der Waals surface area (Å²) in [4.78, 5) is 2.57. The maximum Gasteiger partial charge on any atom is 0.0107 e. The number of nitrogens with zero attached hydrogens (tertiary/aromatic N) is 1. The Labute approximate surface area is 94.4 Å². The van der Waals surface area contributed by atoms with Gasteiger partial charge in [0.2, 0.25) is 0 Å². The van der Waals surface area contributed by atoms with Gasteiger partial charge in [0.05, 0.1) is 0 Å². The zero-order valence-electron chi connectivity index (χ0n) is 10.2. The van der Waals surface area contributed by atoms with Crippen molar-refractivity contribution < 1.29 is 0 Å². The fourth-order valence-corrected chi connectivity index (χ4v) is 2.25.